The number of nitrogens with zero attached hydrogens (tertiary/aromatic N) is 2. The number of aliphatic carboxylic acids is 1. The first kappa shape index (κ1) is 24.4. The molecule has 0 aliphatic heterocycles. The van der Waals surface area contributed by atoms with Crippen molar-refractivity contribution in [3.63, 3.8) is 0 Å². The number of anilines is 2. The number of methoxy groups -OCH3 is 1. The Bertz CT molecular complexity index is 1670. The van der Waals surface area contributed by atoms with Gasteiger partial charge in [-0.2, -0.15) is 0 Å². The molecule has 5 aromatic rings. The number of carboxylic acids is 1. The number of para-hydroxylation sites is 1. The highest BCUT2D eigenvalue weighted by Gasteiger charge is 2.52. The molecule has 2 N–H and O–H groups in total. The zero-order valence-electron chi connectivity index (χ0n) is 21.6. The van der Waals surface area contributed by atoms with Crippen LogP contribution in [0.5, 0.6) is 5.75 Å². The number of benzene rings is 3. The molecule has 3 aromatic carbocycles. The van der Waals surface area contributed by atoms with E-state index in [-0.39, 0.29) is 0 Å². The minimum atomic E-state index is -0.850. The van der Waals surface area contributed by atoms with Gasteiger partial charge in [-0.3, -0.25) is 4.79 Å². The Hall–Kier alpha value is -4.91. The van der Waals surface area contributed by atoms with Crippen LogP contribution in [0.2, 0.25) is 0 Å². The van der Waals surface area contributed by atoms with E-state index in [2.05, 4.69) is 10.5 Å². The lowest BCUT2D eigenvalue weighted by Crippen LogP contribution is -2.19. The SMILES string of the molecule is COc1ccccc1-c1cccc(Nc2c(C)noc2-c2cc(C3(C(=O)O)CC3)ccc2-c2ccccc2)n1. The van der Waals surface area contributed by atoms with Gasteiger partial charge in [0, 0.05) is 11.1 Å². The van der Waals surface area contributed by atoms with Crippen LogP contribution in [0.3, 0.4) is 0 Å². The van der Waals surface area contributed by atoms with Crippen molar-refractivity contribution in [2.45, 2.75) is 25.2 Å². The van der Waals surface area contributed by atoms with Crippen LogP contribution in [-0.4, -0.2) is 28.3 Å². The second-order valence-corrected chi connectivity index (χ2v) is 9.72. The number of carboxylic acid groups (broad SMARTS) is 1. The van der Waals surface area contributed by atoms with Crippen LogP contribution < -0.4 is 10.1 Å². The third-order valence-electron chi connectivity index (χ3n) is 7.31. The molecule has 0 atom stereocenters. The molecule has 7 heteroatoms. The van der Waals surface area contributed by atoms with Crippen molar-refractivity contribution in [1.29, 1.82) is 0 Å². The van der Waals surface area contributed by atoms with E-state index in [1.807, 2.05) is 97.9 Å². The van der Waals surface area contributed by atoms with Gasteiger partial charge in [0.05, 0.1) is 18.2 Å². The fraction of sp³-hybridized carbons (Fsp3) is 0.156. The number of aromatic nitrogens is 2. The van der Waals surface area contributed by atoms with Gasteiger partial charge in [0.1, 0.15) is 22.9 Å². The van der Waals surface area contributed by atoms with Gasteiger partial charge < -0.3 is 19.7 Å². The highest BCUT2D eigenvalue weighted by atomic mass is 16.5. The molecular formula is C32H27N3O4. The van der Waals surface area contributed by atoms with E-state index in [1.54, 1.807) is 7.11 Å². The minimum absolute atomic E-state index is 0.527. The summed E-state index contributed by atoms with van der Waals surface area (Å²) in [6, 6.07) is 29.3. The number of nitrogens with one attached hydrogen (secondary N) is 1. The second-order valence-electron chi connectivity index (χ2n) is 9.72. The van der Waals surface area contributed by atoms with Gasteiger partial charge >= 0.3 is 5.97 Å². The molecule has 0 bridgehead atoms. The Morgan fingerprint density at radius 3 is 2.44 bits per heavy atom. The van der Waals surface area contributed by atoms with Gasteiger partial charge in [-0.25, -0.2) is 4.98 Å². The standard InChI is InChI=1S/C32H27N3O4/c1-20-29(34-28-14-8-12-26(33-28)24-11-6-7-13-27(24)38-2)30(39-35-20)25-19-22(32(17-18-32)31(36)37)15-16-23(25)21-9-4-3-5-10-21/h3-16,19H,17-18H2,1-2H3,(H,33,34)(H,36,37). The molecule has 0 radical (unpaired) electrons. The molecule has 0 spiro atoms. The van der Waals surface area contributed by atoms with E-state index in [9.17, 15) is 9.90 Å². The smallest absolute Gasteiger partial charge is 0.314 e. The summed E-state index contributed by atoms with van der Waals surface area (Å²) >= 11 is 0. The Morgan fingerprint density at radius 1 is 0.923 bits per heavy atom. The predicted octanol–water partition coefficient (Wildman–Crippen LogP) is 7.25. The van der Waals surface area contributed by atoms with Gasteiger partial charge in [0.2, 0.25) is 0 Å². The molecule has 0 unspecified atom stereocenters. The zero-order valence-corrected chi connectivity index (χ0v) is 21.6. The average Bonchev–Trinajstić information content (AvgIpc) is 3.72. The van der Waals surface area contributed by atoms with Crippen molar-refractivity contribution < 1.29 is 19.2 Å². The average molecular weight is 518 g/mol. The Labute approximate surface area is 226 Å². The van der Waals surface area contributed by atoms with Gasteiger partial charge in [-0.1, -0.05) is 65.8 Å². The number of pyridine rings is 1. The molecule has 0 saturated heterocycles. The normalized spacial score (nSPS) is 13.6. The van der Waals surface area contributed by atoms with Crippen molar-refractivity contribution in [1.82, 2.24) is 10.1 Å². The summed E-state index contributed by atoms with van der Waals surface area (Å²) in [5.41, 5.74) is 5.59. The summed E-state index contributed by atoms with van der Waals surface area (Å²) in [6.07, 6.45) is 1.24. The van der Waals surface area contributed by atoms with Gasteiger partial charge in [0.25, 0.3) is 0 Å². The number of hydrogen-bond acceptors (Lipinski definition) is 6. The summed E-state index contributed by atoms with van der Waals surface area (Å²) in [5, 5.41) is 17.6. The van der Waals surface area contributed by atoms with E-state index < -0.39 is 11.4 Å². The predicted molar refractivity (Wildman–Crippen MR) is 150 cm³/mol. The topological polar surface area (TPSA) is 97.5 Å². The number of aryl methyl sites for hydroxylation is 1. The van der Waals surface area contributed by atoms with E-state index in [4.69, 9.17) is 14.2 Å². The van der Waals surface area contributed by atoms with Gasteiger partial charge in [-0.15, -0.1) is 0 Å². The Morgan fingerprint density at radius 2 is 1.69 bits per heavy atom. The summed E-state index contributed by atoms with van der Waals surface area (Å²) in [4.78, 5) is 17.0. The quantitative estimate of drug-likeness (QED) is 0.224. The fourth-order valence-corrected chi connectivity index (χ4v) is 4.99. The van der Waals surface area contributed by atoms with E-state index in [0.717, 1.165) is 39.3 Å². The van der Waals surface area contributed by atoms with Crippen molar-refractivity contribution in [3.8, 4) is 39.5 Å². The maximum Gasteiger partial charge on any atom is 0.314 e. The molecule has 1 saturated carbocycles. The third-order valence-corrected chi connectivity index (χ3v) is 7.31. The first-order valence-electron chi connectivity index (χ1n) is 12.8. The molecule has 194 valence electrons. The summed E-state index contributed by atoms with van der Waals surface area (Å²) < 4.78 is 11.4. The van der Waals surface area contributed by atoms with Crippen LogP contribution >= 0.6 is 0 Å². The molecule has 2 heterocycles. The van der Waals surface area contributed by atoms with Crippen LogP contribution in [0.25, 0.3) is 33.7 Å². The molecular weight excluding hydrogens is 490 g/mol. The van der Waals surface area contributed by atoms with Gasteiger partial charge in [-0.05, 0) is 66.8 Å². The molecule has 0 amide bonds. The lowest BCUT2D eigenvalue weighted by molar-refractivity contribution is -0.140. The number of ether oxygens (including phenoxy) is 1. The van der Waals surface area contributed by atoms with Crippen molar-refractivity contribution >= 4 is 17.5 Å². The van der Waals surface area contributed by atoms with Crippen LogP contribution in [0.1, 0.15) is 24.1 Å². The first-order chi connectivity index (χ1) is 19.0. The van der Waals surface area contributed by atoms with E-state index >= 15 is 0 Å². The lowest BCUT2D eigenvalue weighted by atomic mass is 9.89. The number of hydrogen-bond donors (Lipinski definition) is 2. The Balaban J connectivity index is 1.45. The maximum absolute atomic E-state index is 12.1. The van der Waals surface area contributed by atoms with Crippen LogP contribution in [0.15, 0.2) is 95.5 Å². The molecule has 39 heavy (non-hydrogen) atoms. The van der Waals surface area contributed by atoms with E-state index in [0.29, 0.717) is 35.8 Å². The fourth-order valence-electron chi connectivity index (χ4n) is 4.99. The highest BCUT2D eigenvalue weighted by molar-refractivity contribution is 5.91. The van der Waals surface area contributed by atoms with Crippen molar-refractivity contribution in [2.24, 2.45) is 0 Å². The molecule has 7 nitrogen and oxygen atoms in total. The Kier molecular flexibility index (Phi) is 6.11. The summed E-state index contributed by atoms with van der Waals surface area (Å²) in [7, 11) is 1.64. The summed E-state index contributed by atoms with van der Waals surface area (Å²) in [5.74, 6) is 1.08. The third kappa shape index (κ3) is 4.42. The second kappa shape index (κ2) is 9.76. The van der Waals surface area contributed by atoms with Gasteiger partial charge in [0.15, 0.2) is 5.76 Å². The van der Waals surface area contributed by atoms with Crippen molar-refractivity contribution in [2.75, 3.05) is 12.4 Å². The highest BCUT2D eigenvalue weighted by Crippen LogP contribution is 2.50. The monoisotopic (exact) mass is 517 g/mol. The molecule has 1 aliphatic rings. The van der Waals surface area contributed by atoms with Crippen molar-refractivity contribution in [3.05, 3.63) is 102 Å². The molecule has 2 aromatic heterocycles. The lowest BCUT2D eigenvalue weighted by Gasteiger charge is -2.16. The maximum atomic E-state index is 12.1. The molecule has 1 fully saturated rings. The largest absolute Gasteiger partial charge is 0.496 e. The number of carbonyl (C=O) groups is 1. The van der Waals surface area contributed by atoms with Crippen LogP contribution in [0, 0.1) is 6.92 Å². The summed E-state index contributed by atoms with van der Waals surface area (Å²) in [6.45, 7) is 1.87. The first-order valence-corrected chi connectivity index (χ1v) is 12.8. The number of rotatable bonds is 8. The van der Waals surface area contributed by atoms with Crippen LogP contribution in [0.4, 0.5) is 11.5 Å². The minimum Gasteiger partial charge on any atom is -0.496 e. The van der Waals surface area contributed by atoms with E-state index in [1.165, 1.54) is 0 Å². The molecule has 1 aliphatic carbocycles. The molecule has 6 rings (SSSR count). The van der Waals surface area contributed by atoms with Crippen LogP contribution in [-0.2, 0) is 10.2 Å². The zero-order chi connectivity index (χ0) is 27.0.